The molecule has 0 bridgehead atoms. The Balaban J connectivity index is 3.28. The Bertz CT molecular complexity index is 913. The molecule has 0 saturated carbocycles. The second-order valence-electron chi connectivity index (χ2n) is 11.6. The molecule has 2 amide bonds. The van der Waals surface area contributed by atoms with Gasteiger partial charge in [0.05, 0.1) is 12.6 Å². The van der Waals surface area contributed by atoms with Gasteiger partial charge in [-0.25, -0.2) is 4.79 Å². The van der Waals surface area contributed by atoms with Crippen molar-refractivity contribution in [3.05, 3.63) is 47.5 Å². The molecule has 202 valence electrons. The summed E-state index contributed by atoms with van der Waals surface area (Å²) in [6.45, 7) is 19.8. The maximum atomic E-state index is 13.8. The lowest BCUT2D eigenvalue weighted by molar-refractivity contribution is -0.142. The van der Waals surface area contributed by atoms with Crippen LogP contribution in [0.5, 0.6) is 0 Å². The van der Waals surface area contributed by atoms with Crippen molar-refractivity contribution in [3.8, 4) is 0 Å². The van der Waals surface area contributed by atoms with Gasteiger partial charge in [-0.1, -0.05) is 91.8 Å². The minimum atomic E-state index is -0.729. The maximum Gasteiger partial charge on any atom is 0.333 e. The summed E-state index contributed by atoms with van der Waals surface area (Å²) in [4.78, 5) is 41.4. The maximum absolute atomic E-state index is 13.8. The van der Waals surface area contributed by atoms with Crippen molar-refractivity contribution >= 4 is 17.8 Å². The molecule has 1 N–H and O–H groups in total. The molecule has 1 rings (SSSR count). The van der Waals surface area contributed by atoms with Crippen molar-refractivity contribution in [2.24, 2.45) is 17.3 Å². The molecule has 1 aromatic carbocycles. The number of amides is 2. The monoisotopic (exact) mass is 500 g/mol. The smallest absolute Gasteiger partial charge is 0.333 e. The van der Waals surface area contributed by atoms with Gasteiger partial charge in [-0.15, -0.1) is 0 Å². The number of carbonyl (C=O) groups is 3. The quantitative estimate of drug-likeness (QED) is 0.321. The highest BCUT2D eigenvalue weighted by Crippen LogP contribution is 2.35. The fourth-order valence-corrected chi connectivity index (χ4v) is 4.65. The first-order valence-electron chi connectivity index (χ1n) is 13.1. The number of benzene rings is 1. The number of hydrogen-bond acceptors (Lipinski definition) is 4. The Morgan fingerprint density at radius 3 is 2.03 bits per heavy atom. The molecule has 0 heterocycles. The van der Waals surface area contributed by atoms with Crippen molar-refractivity contribution in [1.82, 2.24) is 10.2 Å². The van der Waals surface area contributed by atoms with Crippen LogP contribution in [-0.2, 0) is 24.5 Å². The highest BCUT2D eigenvalue weighted by molar-refractivity contribution is 5.90. The molecule has 6 nitrogen and oxygen atoms in total. The van der Waals surface area contributed by atoms with E-state index in [0.717, 1.165) is 5.56 Å². The largest absolute Gasteiger partial charge is 0.463 e. The fourth-order valence-electron chi connectivity index (χ4n) is 4.65. The van der Waals surface area contributed by atoms with Gasteiger partial charge in [-0.3, -0.25) is 9.59 Å². The van der Waals surface area contributed by atoms with Gasteiger partial charge >= 0.3 is 5.97 Å². The van der Waals surface area contributed by atoms with E-state index in [4.69, 9.17) is 4.74 Å². The standard InChI is InChI=1S/C30H48N2O4/c1-12-23(30(9,10)22-17-15-14-16-18-22)26(33)31-25(29(6,7)8)27(34)32(11)24(20(3)4)19-21(5)28(35)36-13-2/h14-20,23-25H,12-13H2,1-11H3,(H,31,33)/t23?,24-,25-/m1/s1. The Kier molecular flexibility index (Phi) is 11.4. The van der Waals surface area contributed by atoms with Gasteiger partial charge in [-0.2, -0.15) is 0 Å². The summed E-state index contributed by atoms with van der Waals surface area (Å²) in [5, 5.41) is 3.11. The first-order chi connectivity index (χ1) is 16.6. The second-order valence-corrected chi connectivity index (χ2v) is 11.6. The topological polar surface area (TPSA) is 75.7 Å². The van der Waals surface area contributed by atoms with Crippen LogP contribution in [-0.4, -0.2) is 48.4 Å². The minimum absolute atomic E-state index is 0.0556. The van der Waals surface area contributed by atoms with Crippen molar-refractivity contribution in [3.63, 3.8) is 0 Å². The van der Waals surface area contributed by atoms with E-state index >= 15 is 0 Å². The molecule has 0 saturated heterocycles. The van der Waals surface area contributed by atoms with Gasteiger partial charge in [0.1, 0.15) is 6.04 Å². The molecule has 3 atom stereocenters. The fraction of sp³-hybridized carbons (Fsp3) is 0.633. The normalized spacial score (nSPS) is 15.2. The van der Waals surface area contributed by atoms with Crippen LogP contribution in [0.3, 0.4) is 0 Å². The summed E-state index contributed by atoms with van der Waals surface area (Å²) in [5.41, 5.74) is 0.624. The summed E-state index contributed by atoms with van der Waals surface area (Å²) >= 11 is 0. The van der Waals surface area contributed by atoms with E-state index in [1.165, 1.54) is 0 Å². The zero-order chi connectivity index (χ0) is 27.8. The van der Waals surface area contributed by atoms with Gasteiger partial charge in [0.15, 0.2) is 0 Å². The van der Waals surface area contributed by atoms with Gasteiger partial charge < -0.3 is 15.0 Å². The van der Waals surface area contributed by atoms with Crippen LogP contribution in [0.2, 0.25) is 0 Å². The van der Waals surface area contributed by atoms with E-state index in [2.05, 4.69) is 19.2 Å². The first-order valence-corrected chi connectivity index (χ1v) is 13.1. The summed E-state index contributed by atoms with van der Waals surface area (Å²) in [7, 11) is 1.73. The molecule has 6 heteroatoms. The third kappa shape index (κ3) is 7.94. The van der Waals surface area contributed by atoms with Gasteiger partial charge in [-0.05, 0) is 37.2 Å². The zero-order valence-corrected chi connectivity index (χ0v) is 24.3. The average Bonchev–Trinajstić information content (AvgIpc) is 2.80. The number of ether oxygens (including phenoxy) is 1. The third-order valence-electron chi connectivity index (χ3n) is 7.01. The lowest BCUT2D eigenvalue weighted by Crippen LogP contribution is -2.58. The summed E-state index contributed by atoms with van der Waals surface area (Å²) in [5.74, 6) is -0.962. The summed E-state index contributed by atoms with van der Waals surface area (Å²) in [6, 6.07) is 8.96. The predicted octanol–water partition coefficient (Wildman–Crippen LogP) is 5.51. The number of esters is 1. The number of rotatable bonds is 11. The van der Waals surface area contributed by atoms with Gasteiger partial charge in [0.2, 0.25) is 11.8 Å². The van der Waals surface area contributed by atoms with Crippen molar-refractivity contribution < 1.29 is 19.1 Å². The molecule has 36 heavy (non-hydrogen) atoms. The van der Waals surface area contributed by atoms with E-state index in [0.29, 0.717) is 18.6 Å². The molecule has 0 aromatic heterocycles. The van der Waals surface area contributed by atoms with Crippen molar-refractivity contribution in [2.75, 3.05) is 13.7 Å². The van der Waals surface area contributed by atoms with Crippen LogP contribution >= 0.6 is 0 Å². The van der Waals surface area contributed by atoms with Gasteiger partial charge in [0.25, 0.3) is 0 Å². The molecule has 0 fully saturated rings. The van der Waals surface area contributed by atoms with Crippen molar-refractivity contribution in [1.29, 1.82) is 0 Å². The van der Waals surface area contributed by atoms with Crippen LogP contribution in [0.15, 0.2) is 42.0 Å². The van der Waals surface area contributed by atoms with E-state index in [-0.39, 0.29) is 29.7 Å². The van der Waals surface area contributed by atoms with Crippen LogP contribution < -0.4 is 5.32 Å². The van der Waals surface area contributed by atoms with E-state index in [9.17, 15) is 14.4 Å². The van der Waals surface area contributed by atoms with E-state index in [1.807, 2.05) is 71.9 Å². The number of nitrogens with one attached hydrogen (secondary N) is 1. The highest BCUT2D eigenvalue weighted by Gasteiger charge is 2.41. The molecule has 0 aliphatic heterocycles. The molecular formula is C30H48N2O4. The van der Waals surface area contributed by atoms with Crippen molar-refractivity contribution in [2.45, 2.75) is 93.2 Å². The number of carbonyl (C=O) groups excluding carboxylic acids is 3. The molecular weight excluding hydrogens is 452 g/mol. The number of nitrogens with zero attached hydrogens (tertiary/aromatic N) is 1. The van der Waals surface area contributed by atoms with Crippen LogP contribution in [0.25, 0.3) is 0 Å². The Morgan fingerprint density at radius 1 is 1.03 bits per heavy atom. The van der Waals surface area contributed by atoms with Crippen LogP contribution in [0.4, 0.5) is 0 Å². The molecule has 0 aliphatic carbocycles. The van der Waals surface area contributed by atoms with E-state index in [1.54, 1.807) is 31.9 Å². The lowest BCUT2D eigenvalue weighted by Gasteiger charge is -2.39. The SMILES string of the molecule is CCOC(=O)C(C)=C[C@H](C(C)C)N(C)C(=O)[C@@H](NC(=O)C(CC)C(C)(C)c1ccccc1)C(C)(C)C. The molecule has 0 spiro atoms. The Labute approximate surface area is 218 Å². The number of likely N-dealkylation sites (N-methyl/N-ethyl adjacent to an activating group) is 1. The average molecular weight is 501 g/mol. The second kappa shape index (κ2) is 13.1. The Hall–Kier alpha value is -2.63. The minimum Gasteiger partial charge on any atom is -0.463 e. The van der Waals surface area contributed by atoms with Crippen LogP contribution in [0.1, 0.15) is 81.2 Å². The lowest BCUT2D eigenvalue weighted by atomic mass is 9.71. The van der Waals surface area contributed by atoms with Gasteiger partial charge in [0, 0.05) is 24.0 Å². The zero-order valence-electron chi connectivity index (χ0n) is 24.3. The molecule has 0 aliphatic rings. The third-order valence-corrected chi connectivity index (χ3v) is 7.01. The first kappa shape index (κ1) is 31.4. The molecule has 1 aromatic rings. The van der Waals surface area contributed by atoms with Crippen LogP contribution in [0, 0.1) is 17.3 Å². The number of hydrogen-bond donors (Lipinski definition) is 1. The summed E-state index contributed by atoms with van der Waals surface area (Å²) in [6.07, 6.45) is 2.43. The predicted molar refractivity (Wildman–Crippen MR) is 146 cm³/mol. The Morgan fingerprint density at radius 2 is 1.58 bits per heavy atom. The molecule has 1 unspecified atom stereocenters. The molecule has 0 radical (unpaired) electrons. The van der Waals surface area contributed by atoms with E-state index < -0.39 is 22.8 Å². The summed E-state index contributed by atoms with van der Waals surface area (Å²) < 4.78 is 5.12. The highest BCUT2D eigenvalue weighted by atomic mass is 16.5.